The van der Waals surface area contributed by atoms with Gasteiger partial charge in [-0.15, -0.1) is 0 Å². The average Bonchev–Trinajstić information content (AvgIpc) is 2.89. The zero-order valence-corrected chi connectivity index (χ0v) is 12.9. The minimum Gasteiger partial charge on any atom is -0.258 e. The predicted molar refractivity (Wildman–Crippen MR) is 79.4 cm³/mol. The van der Waals surface area contributed by atoms with Crippen LogP contribution in [-0.2, 0) is 18.2 Å². The molecule has 0 unspecified atom stereocenters. The maximum Gasteiger partial charge on any atom is 0.295 e. The fourth-order valence-corrected chi connectivity index (χ4v) is 2.29. The van der Waals surface area contributed by atoms with Crippen LogP contribution in [0.5, 0.6) is 0 Å². The first-order valence-electron chi connectivity index (χ1n) is 6.39. The third-order valence-corrected chi connectivity index (χ3v) is 3.62. The molecular formula is C13H15BrN4O2. The van der Waals surface area contributed by atoms with Gasteiger partial charge in [-0.3, -0.25) is 10.1 Å². The van der Waals surface area contributed by atoms with Crippen molar-refractivity contribution in [2.24, 2.45) is 0 Å². The number of nitro benzene ring substituents is 1. The molecule has 0 saturated heterocycles. The van der Waals surface area contributed by atoms with Crippen LogP contribution in [0.25, 0.3) is 5.69 Å². The molecule has 0 fully saturated rings. The van der Waals surface area contributed by atoms with E-state index in [1.54, 1.807) is 16.8 Å². The number of alkyl halides is 1. The first kappa shape index (κ1) is 14.6. The quantitative estimate of drug-likeness (QED) is 0.476. The number of rotatable bonds is 5. The molecular weight excluding hydrogens is 324 g/mol. The number of benzene rings is 1. The van der Waals surface area contributed by atoms with Crippen LogP contribution in [-0.4, -0.2) is 19.7 Å². The van der Waals surface area contributed by atoms with Gasteiger partial charge in [0.15, 0.2) is 5.82 Å². The van der Waals surface area contributed by atoms with Gasteiger partial charge >= 0.3 is 0 Å². The van der Waals surface area contributed by atoms with E-state index in [1.807, 2.05) is 19.9 Å². The predicted octanol–water partition coefficient (Wildman–Crippen LogP) is 3.20. The molecule has 2 rings (SSSR count). The van der Waals surface area contributed by atoms with E-state index in [0.717, 1.165) is 11.4 Å². The third kappa shape index (κ3) is 2.72. The summed E-state index contributed by atoms with van der Waals surface area (Å²) < 4.78 is 1.58. The summed E-state index contributed by atoms with van der Waals surface area (Å²) in [7, 11) is 0. The van der Waals surface area contributed by atoms with Gasteiger partial charge in [-0.1, -0.05) is 35.8 Å². The molecule has 0 N–H and O–H groups in total. The van der Waals surface area contributed by atoms with E-state index >= 15 is 0 Å². The minimum atomic E-state index is -0.381. The molecule has 0 radical (unpaired) electrons. The van der Waals surface area contributed by atoms with Crippen molar-refractivity contribution in [3.8, 4) is 5.69 Å². The molecule has 0 atom stereocenters. The van der Waals surface area contributed by atoms with Crippen LogP contribution in [0.4, 0.5) is 5.69 Å². The van der Waals surface area contributed by atoms with Crippen molar-refractivity contribution >= 4 is 21.6 Å². The van der Waals surface area contributed by atoms with Crippen LogP contribution in [0.1, 0.15) is 31.1 Å². The van der Waals surface area contributed by atoms with Gasteiger partial charge in [-0.05, 0) is 11.6 Å². The summed E-state index contributed by atoms with van der Waals surface area (Å²) in [6.07, 6.45) is 1.37. The molecule has 2 aromatic rings. The number of hydrogen-bond acceptors (Lipinski definition) is 4. The van der Waals surface area contributed by atoms with E-state index in [9.17, 15) is 10.1 Å². The Bertz CT molecular complexity index is 639. The van der Waals surface area contributed by atoms with Gasteiger partial charge in [-0.2, -0.15) is 5.10 Å². The van der Waals surface area contributed by atoms with E-state index in [0.29, 0.717) is 29.7 Å². The monoisotopic (exact) mass is 338 g/mol. The van der Waals surface area contributed by atoms with Gasteiger partial charge < -0.3 is 0 Å². The van der Waals surface area contributed by atoms with Crippen molar-refractivity contribution in [2.75, 3.05) is 0 Å². The molecule has 0 amide bonds. The largest absolute Gasteiger partial charge is 0.295 e. The molecule has 20 heavy (non-hydrogen) atoms. The van der Waals surface area contributed by atoms with E-state index in [4.69, 9.17) is 0 Å². The van der Waals surface area contributed by atoms with Gasteiger partial charge in [0.05, 0.1) is 4.92 Å². The molecule has 0 aliphatic carbocycles. The van der Waals surface area contributed by atoms with Crippen LogP contribution in [0, 0.1) is 10.1 Å². The SMILES string of the molecule is CCc1nc(CC)n(-c2ccc(CBr)cc2[N+](=O)[O-])n1. The lowest BCUT2D eigenvalue weighted by Gasteiger charge is -2.06. The molecule has 0 aliphatic rings. The summed E-state index contributed by atoms with van der Waals surface area (Å²) in [6.45, 7) is 3.92. The molecule has 0 bridgehead atoms. The summed E-state index contributed by atoms with van der Waals surface area (Å²) >= 11 is 3.31. The van der Waals surface area contributed by atoms with Crippen molar-refractivity contribution in [2.45, 2.75) is 32.0 Å². The first-order chi connectivity index (χ1) is 9.60. The molecule has 7 heteroatoms. The highest BCUT2D eigenvalue weighted by Crippen LogP contribution is 2.26. The summed E-state index contributed by atoms with van der Waals surface area (Å²) in [6, 6.07) is 5.14. The number of hydrogen-bond donors (Lipinski definition) is 0. The smallest absolute Gasteiger partial charge is 0.258 e. The molecule has 6 nitrogen and oxygen atoms in total. The zero-order chi connectivity index (χ0) is 14.7. The Morgan fingerprint density at radius 1 is 1.35 bits per heavy atom. The lowest BCUT2D eigenvalue weighted by atomic mass is 10.2. The Balaban J connectivity index is 2.62. The highest BCUT2D eigenvalue weighted by molar-refractivity contribution is 9.08. The zero-order valence-electron chi connectivity index (χ0n) is 11.3. The van der Waals surface area contributed by atoms with Gasteiger partial charge in [0.25, 0.3) is 5.69 Å². The van der Waals surface area contributed by atoms with Crippen molar-refractivity contribution in [1.29, 1.82) is 0 Å². The van der Waals surface area contributed by atoms with Gasteiger partial charge in [0, 0.05) is 24.2 Å². The van der Waals surface area contributed by atoms with Crippen LogP contribution in [0.3, 0.4) is 0 Å². The summed E-state index contributed by atoms with van der Waals surface area (Å²) in [5, 5.41) is 16.2. The van der Waals surface area contributed by atoms with E-state index in [1.165, 1.54) is 0 Å². The lowest BCUT2D eigenvalue weighted by Crippen LogP contribution is -2.06. The maximum absolute atomic E-state index is 11.3. The molecule has 106 valence electrons. The number of aryl methyl sites for hydroxylation is 2. The second-order valence-corrected chi connectivity index (χ2v) is 4.84. The van der Waals surface area contributed by atoms with Crippen LogP contribution in [0.15, 0.2) is 18.2 Å². The average molecular weight is 339 g/mol. The maximum atomic E-state index is 11.3. The standard InChI is InChI=1S/C13H15BrN4O2/c1-3-12-15-13(4-2)17(16-12)10-6-5-9(8-14)7-11(10)18(19)20/h5-7H,3-4,8H2,1-2H3. The Labute approximate surface area is 125 Å². The van der Waals surface area contributed by atoms with Crippen molar-refractivity contribution in [1.82, 2.24) is 14.8 Å². The fourth-order valence-electron chi connectivity index (χ4n) is 1.94. The van der Waals surface area contributed by atoms with Crippen LogP contribution < -0.4 is 0 Å². The number of nitrogens with zero attached hydrogens (tertiary/aromatic N) is 4. The van der Waals surface area contributed by atoms with Gasteiger partial charge in [0.2, 0.25) is 0 Å². The second-order valence-electron chi connectivity index (χ2n) is 4.28. The Kier molecular flexibility index (Phi) is 4.49. The van der Waals surface area contributed by atoms with E-state index in [2.05, 4.69) is 26.0 Å². The molecule has 0 spiro atoms. The lowest BCUT2D eigenvalue weighted by molar-refractivity contribution is -0.384. The normalized spacial score (nSPS) is 10.8. The fraction of sp³-hybridized carbons (Fsp3) is 0.385. The summed E-state index contributed by atoms with van der Waals surface area (Å²) in [5.74, 6) is 1.43. The second kappa shape index (κ2) is 6.13. The number of nitro groups is 1. The van der Waals surface area contributed by atoms with E-state index < -0.39 is 0 Å². The Hall–Kier alpha value is -1.76. The molecule has 0 aliphatic heterocycles. The molecule has 1 heterocycles. The molecule has 0 saturated carbocycles. The third-order valence-electron chi connectivity index (χ3n) is 2.97. The summed E-state index contributed by atoms with van der Waals surface area (Å²) in [4.78, 5) is 15.3. The Morgan fingerprint density at radius 3 is 2.65 bits per heavy atom. The highest BCUT2D eigenvalue weighted by Gasteiger charge is 2.20. The first-order valence-corrected chi connectivity index (χ1v) is 7.51. The molecule has 1 aromatic carbocycles. The highest BCUT2D eigenvalue weighted by atomic mass is 79.9. The topological polar surface area (TPSA) is 73.8 Å². The van der Waals surface area contributed by atoms with Gasteiger partial charge in [-0.25, -0.2) is 9.67 Å². The van der Waals surface area contributed by atoms with Gasteiger partial charge in [0.1, 0.15) is 11.5 Å². The van der Waals surface area contributed by atoms with Crippen molar-refractivity contribution in [3.05, 3.63) is 45.5 Å². The van der Waals surface area contributed by atoms with Crippen LogP contribution >= 0.6 is 15.9 Å². The van der Waals surface area contributed by atoms with E-state index in [-0.39, 0.29) is 10.6 Å². The van der Waals surface area contributed by atoms with Crippen molar-refractivity contribution in [3.63, 3.8) is 0 Å². The van der Waals surface area contributed by atoms with Crippen molar-refractivity contribution < 1.29 is 4.92 Å². The van der Waals surface area contributed by atoms with Crippen LogP contribution in [0.2, 0.25) is 0 Å². The summed E-state index contributed by atoms with van der Waals surface area (Å²) in [5.41, 5.74) is 1.36. The molecule has 1 aromatic heterocycles. The number of aromatic nitrogens is 3. The number of halogens is 1. The Morgan fingerprint density at radius 2 is 2.10 bits per heavy atom. The minimum absolute atomic E-state index is 0.0456.